The second kappa shape index (κ2) is 4.74. The van der Waals surface area contributed by atoms with E-state index in [2.05, 4.69) is 28.9 Å². The first kappa shape index (κ1) is 11.3. The van der Waals surface area contributed by atoms with Crippen LogP contribution in [0.5, 0.6) is 5.75 Å². The van der Waals surface area contributed by atoms with Crippen molar-refractivity contribution in [2.75, 3.05) is 7.11 Å². The van der Waals surface area contributed by atoms with Gasteiger partial charge >= 0.3 is 0 Å². The van der Waals surface area contributed by atoms with Gasteiger partial charge in [0.05, 0.1) is 24.5 Å². The summed E-state index contributed by atoms with van der Waals surface area (Å²) in [5.41, 5.74) is 3.41. The summed E-state index contributed by atoms with van der Waals surface area (Å²) >= 11 is 3.66. The maximum atomic E-state index is 5.36. The second-order valence-electron chi connectivity index (χ2n) is 3.66. The largest absolute Gasteiger partial charge is 0.496 e. The molecule has 84 valence electrons. The summed E-state index contributed by atoms with van der Waals surface area (Å²) in [5.74, 6) is 0.883. The summed E-state index contributed by atoms with van der Waals surface area (Å²) in [6.07, 6.45) is 3.41. The Hall–Kier alpha value is -1.22. The van der Waals surface area contributed by atoms with Crippen LogP contribution in [0.25, 0.3) is 0 Å². The molecule has 0 fully saturated rings. The van der Waals surface area contributed by atoms with Crippen molar-refractivity contribution in [1.29, 1.82) is 0 Å². The smallest absolute Gasteiger partial charge is 0.123 e. The van der Waals surface area contributed by atoms with Crippen LogP contribution in [0.2, 0.25) is 0 Å². The zero-order valence-electron chi connectivity index (χ0n) is 9.24. The molecule has 0 bridgehead atoms. The Bertz CT molecular complexity index is 463. The van der Waals surface area contributed by atoms with Crippen LogP contribution in [0.15, 0.2) is 41.2 Å². The lowest BCUT2D eigenvalue weighted by Gasteiger charge is -2.13. The third-order valence-corrected chi connectivity index (χ3v) is 3.52. The van der Waals surface area contributed by atoms with Crippen molar-refractivity contribution in [3.63, 3.8) is 0 Å². The first-order valence-corrected chi connectivity index (χ1v) is 5.94. The van der Waals surface area contributed by atoms with E-state index < -0.39 is 0 Å². The minimum atomic E-state index is 0.0982. The fourth-order valence-electron chi connectivity index (χ4n) is 1.65. The quantitative estimate of drug-likeness (QED) is 0.791. The van der Waals surface area contributed by atoms with Gasteiger partial charge in [0.15, 0.2) is 0 Å². The summed E-state index contributed by atoms with van der Waals surface area (Å²) in [6, 6.07) is 8.09. The van der Waals surface area contributed by atoms with Gasteiger partial charge in [0, 0.05) is 11.1 Å². The van der Waals surface area contributed by atoms with Crippen molar-refractivity contribution in [3.05, 3.63) is 53.5 Å². The number of halogens is 1. The molecule has 0 spiro atoms. The molecule has 3 heteroatoms. The van der Waals surface area contributed by atoms with E-state index in [1.807, 2.05) is 18.2 Å². The normalized spacial score (nSPS) is 12.4. The number of aryl methyl sites for hydroxylation is 1. The average Bonchev–Trinajstić information content (AvgIpc) is 2.81. The Morgan fingerprint density at radius 1 is 1.31 bits per heavy atom. The highest BCUT2D eigenvalue weighted by atomic mass is 79.9. The molecule has 2 nitrogen and oxygen atoms in total. The molecule has 2 aromatic rings. The predicted octanol–water partition coefficient (Wildman–Crippen LogP) is 4.08. The Labute approximate surface area is 103 Å². The molecule has 1 aromatic heterocycles. The van der Waals surface area contributed by atoms with Crippen LogP contribution in [-0.4, -0.2) is 7.11 Å². The van der Waals surface area contributed by atoms with Gasteiger partial charge in [-0.15, -0.1) is 0 Å². The lowest BCUT2D eigenvalue weighted by atomic mass is 10.0. The topological polar surface area (TPSA) is 22.4 Å². The molecular formula is C13H13BrO2. The van der Waals surface area contributed by atoms with E-state index in [4.69, 9.17) is 9.15 Å². The standard InChI is InChI=1S/C13H13BrO2/c1-9-3-4-12(15-2)11(7-9)13(14)10-5-6-16-8-10/h3-8,13H,1-2H3. The van der Waals surface area contributed by atoms with Gasteiger partial charge in [0.1, 0.15) is 5.75 Å². The molecule has 0 saturated carbocycles. The van der Waals surface area contributed by atoms with Gasteiger partial charge in [0.25, 0.3) is 0 Å². The summed E-state index contributed by atoms with van der Waals surface area (Å²) in [6.45, 7) is 2.07. The molecule has 0 N–H and O–H groups in total. The van der Waals surface area contributed by atoms with Crippen molar-refractivity contribution in [2.45, 2.75) is 11.8 Å². The van der Waals surface area contributed by atoms with Crippen LogP contribution in [0.3, 0.4) is 0 Å². The third-order valence-electron chi connectivity index (χ3n) is 2.49. The SMILES string of the molecule is COc1ccc(C)cc1C(Br)c1ccoc1. The Balaban J connectivity index is 2.42. The second-order valence-corrected chi connectivity index (χ2v) is 4.58. The summed E-state index contributed by atoms with van der Waals surface area (Å²) < 4.78 is 10.4. The number of ether oxygens (including phenoxy) is 1. The van der Waals surface area contributed by atoms with E-state index in [0.717, 1.165) is 16.9 Å². The number of benzene rings is 1. The molecule has 1 heterocycles. The van der Waals surface area contributed by atoms with Crippen molar-refractivity contribution in [1.82, 2.24) is 0 Å². The number of alkyl halides is 1. The molecule has 0 aliphatic rings. The van der Waals surface area contributed by atoms with Crippen LogP contribution in [0.4, 0.5) is 0 Å². The Kier molecular flexibility index (Phi) is 3.34. The van der Waals surface area contributed by atoms with Crippen molar-refractivity contribution >= 4 is 15.9 Å². The van der Waals surface area contributed by atoms with E-state index in [9.17, 15) is 0 Å². The molecule has 1 unspecified atom stereocenters. The van der Waals surface area contributed by atoms with Gasteiger partial charge in [0.2, 0.25) is 0 Å². The van der Waals surface area contributed by atoms with Crippen LogP contribution in [-0.2, 0) is 0 Å². The van der Waals surface area contributed by atoms with Gasteiger partial charge < -0.3 is 9.15 Å². The minimum Gasteiger partial charge on any atom is -0.496 e. The average molecular weight is 281 g/mol. The predicted molar refractivity (Wildman–Crippen MR) is 67.2 cm³/mol. The number of hydrogen-bond acceptors (Lipinski definition) is 2. The molecule has 0 aliphatic heterocycles. The summed E-state index contributed by atoms with van der Waals surface area (Å²) in [5, 5.41) is 0. The highest BCUT2D eigenvalue weighted by Crippen LogP contribution is 2.37. The number of methoxy groups -OCH3 is 1. The van der Waals surface area contributed by atoms with Gasteiger partial charge in [-0.05, 0) is 19.1 Å². The van der Waals surface area contributed by atoms with Gasteiger partial charge in [-0.3, -0.25) is 0 Å². The van der Waals surface area contributed by atoms with Crippen LogP contribution >= 0.6 is 15.9 Å². The van der Waals surface area contributed by atoms with Gasteiger partial charge in [-0.1, -0.05) is 33.6 Å². The fourth-order valence-corrected chi connectivity index (χ4v) is 2.27. The summed E-state index contributed by atoms with van der Waals surface area (Å²) in [4.78, 5) is 0.0982. The molecule has 16 heavy (non-hydrogen) atoms. The van der Waals surface area contributed by atoms with E-state index in [-0.39, 0.29) is 4.83 Å². The summed E-state index contributed by atoms with van der Waals surface area (Å²) in [7, 11) is 1.68. The molecular weight excluding hydrogens is 268 g/mol. The maximum Gasteiger partial charge on any atom is 0.123 e. The zero-order valence-corrected chi connectivity index (χ0v) is 10.8. The van der Waals surface area contributed by atoms with Crippen LogP contribution < -0.4 is 4.74 Å². The van der Waals surface area contributed by atoms with Gasteiger partial charge in [-0.2, -0.15) is 0 Å². The maximum absolute atomic E-state index is 5.36. The monoisotopic (exact) mass is 280 g/mol. The molecule has 2 rings (SSSR count). The minimum absolute atomic E-state index is 0.0982. The zero-order chi connectivity index (χ0) is 11.5. The van der Waals surface area contributed by atoms with Crippen LogP contribution in [0, 0.1) is 6.92 Å². The van der Waals surface area contributed by atoms with E-state index in [1.165, 1.54) is 5.56 Å². The number of hydrogen-bond donors (Lipinski definition) is 0. The highest BCUT2D eigenvalue weighted by Gasteiger charge is 2.16. The van der Waals surface area contributed by atoms with Crippen LogP contribution in [0.1, 0.15) is 21.5 Å². The first-order valence-electron chi connectivity index (χ1n) is 5.03. The number of furan rings is 1. The van der Waals surface area contributed by atoms with Crippen molar-refractivity contribution in [2.24, 2.45) is 0 Å². The van der Waals surface area contributed by atoms with Gasteiger partial charge in [-0.25, -0.2) is 0 Å². The molecule has 0 radical (unpaired) electrons. The first-order chi connectivity index (χ1) is 7.72. The molecule has 1 aromatic carbocycles. The number of rotatable bonds is 3. The molecule has 1 atom stereocenters. The van der Waals surface area contributed by atoms with E-state index in [0.29, 0.717) is 0 Å². The van der Waals surface area contributed by atoms with E-state index >= 15 is 0 Å². The Morgan fingerprint density at radius 3 is 2.75 bits per heavy atom. The Morgan fingerprint density at radius 2 is 2.12 bits per heavy atom. The highest BCUT2D eigenvalue weighted by molar-refractivity contribution is 9.09. The van der Waals surface area contributed by atoms with E-state index in [1.54, 1.807) is 19.6 Å². The van der Waals surface area contributed by atoms with Crippen molar-refractivity contribution < 1.29 is 9.15 Å². The third kappa shape index (κ3) is 2.14. The lowest BCUT2D eigenvalue weighted by Crippen LogP contribution is -1.96. The lowest BCUT2D eigenvalue weighted by molar-refractivity contribution is 0.410. The molecule has 0 saturated heterocycles. The fraction of sp³-hybridized carbons (Fsp3) is 0.231. The van der Waals surface area contributed by atoms with Crippen molar-refractivity contribution in [3.8, 4) is 5.75 Å². The molecule has 0 aliphatic carbocycles. The molecule has 0 amide bonds.